The summed E-state index contributed by atoms with van der Waals surface area (Å²) in [5.41, 5.74) is 14.1. The molecule has 0 bridgehead atoms. The topological polar surface area (TPSA) is 139 Å². The average molecular weight is 412 g/mol. The first kappa shape index (κ1) is 21.5. The Labute approximate surface area is 176 Å². The fourth-order valence-corrected chi connectivity index (χ4v) is 3.62. The molecule has 9 nitrogen and oxygen atoms in total. The molecule has 1 saturated carbocycles. The summed E-state index contributed by atoms with van der Waals surface area (Å²) in [5.74, 6) is -0.283. The molecule has 2 heterocycles. The number of carbonyl (C=O) groups is 2. The summed E-state index contributed by atoms with van der Waals surface area (Å²) in [6, 6.07) is 5.41. The minimum atomic E-state index is -0.644. The van der Waals surface area contributed by atoms with Crippen LogP contribution in [0.4, 0.5) is 17.2 Å². The van der Waals surface area contributed by atoms with Gasteiger partial charge in [0.2, 0.25) is 0 Å². The molecule has 3 rings (SSSR count). The Bertz CT molecular complexity index is 945. The van der Waals surface area contributed by atoms with Crippen molar-refractivity contribution in [3.63, 3.8) is 0 Å². The molecule has 0 radical (unpaired) electrons. The predicted octanol–water partition coefficient (Wildman–Crippen LogP) is 2.01. The molecular formula is C21H29N7O2. The van der Waals surface area contributed by atoms with E-state index in [2.05, 4.69) is 20.6 Å². The smallest absolute Gasteiger partial charge is 0.269 e. The van der Waals surface area contributed by atoms with Crippen LogP contribution in [-0.2, 0) is 0 Å². The molecule has 2 aromatic rings. The van der Waals surface area contributed by atoms with Gasteiger partial charge in [-0.3, -0.25) is 9.59 Å². The van der Waals surface area contributed by atoms with E-state index in [0.29, 0.717) is 22.8 Å². The van der Waals surface area contributed by atoms with Gasteiger partial charge in [-0.1, -0.05) is 12.8 Å². The van der Waals surface area contributed by atoms with E-state index in [-0.39, 0.29) is 23.7 Å². The van der Waals surface area contributed by atoms with Crippen molar-refractivity contribution >= 4 is 29.0 Å². The van der Waals surface area contributed by atoms with E-state index in [4.69, 9.17) is 11.5 Å². The van der Waals surface area contributed by atoms with Gasteiger partial charge >= 0.3 is 0 Å². The largest absolute Gasteiger partial charge is 0.379 e. The molecule has 2 aromatic heterocycles. The monoisotopic (exact) mass is 411 g/mol. The van der Waals surface area contributed by atoms with Crippen LogP contribution >= 0.6 is 0 Å². The summed E-state index contributed by atoms with van der Waals surface area (Å²) in [7, 11) is 3.38. The van der Waals surface area contributed by atoms with E-state index >= 15 is 0 Å². The zero-order chi connectivity index (χ0) is 21.8. The third-order valence-electron chi connectivity index (χ3n) is 5.28. The zero-order valence-corrected chi connectivity index (χ0v) is 17.6. The second-order valence-electron chi connectivity index (χ2n) is 7.84. The summed E-state index contributed by atoms with van der Waals surface area (Å²) >= 11 is 0. The van der Waals surface area contributed by atoms with Crippen LogP contribution < -0.4 is 22.1 Å². The lowest BCUT2D eigenvalue weighted by atomic mass is 9.91. The maximum Gasteiger partial charge on any atom is 0.269 e. The lowest BCUT2D eigenvalue weighted by molar-refractivity contribution is 0.0826. The first-order valence-electron chi connectivity index (χ1n) is 10.0. The number of carbonyl (C=O) groups excluding carboxylic acids is 2. The van der Waals surface area contributed by atoms with Crippen molar-refractivity contribution in [1.29, 1.82) is 0 Å². The van der Waals surface area contributed by atoms with Crippen LogP contribution in [0.15, 0.2) is 24.4 Å². The van der Waals surface area contributed by atoms with Gasteiger partial charge in [-0.2, -0.15) is 0 Å². The Balaban J connectivity index is 1.85. The first-order valence-corrected chi connectivity index (χ1v) is 10.0. The number of rotatable bonds is 6. The Morgan fingerprint density at radius 3 is 2.57 bits per heavy atom. The Kier molecular flexibility index (Phi) is 6.51. The zero-order valence-electron chi connectivity index (χ0n) is 17.6. The highest BCUT2D eigenvalue weighted by molar-refractivity contribution is 5.98. The number of nitrogens with two attached hydrogens (primary N) is 2. The highest BCUT2D eigenvalue weighted by Crippen LogP contribution is 2.26. The fourth-order valence-electron chi connectivity index (χ4n) is 3.62. The summed E-state index contributed by atoms with van der Waals surface area (Å²) < 4.78 is 0. The van der Waals surface area contributed by atoms with Gasteiger partial charge in [0.1, 0.15) is 5.82 Å². The molecule has 2 atom stereocenters. The number of aryl methyl sites for hydroxylation is 1. The SMILES string of the molecule is Cc1nc(Nc2cc(N[C@@H]3CCCC[C@@H]3N)cnc2C(N)=O)ccc1C(=O)N(C)C. The third kappa shape index (κ3) is 4.85. The molecule has 1 aliphatic rings. The quantitative estimate of drug-likeness (QED) is 0.570. The van der Waals surface area contributed by atoms with Gasteiger partial charge in [-0.05, 0) is 38.0 Å². The van der Waals surface area contributed by atoms with Crippen molar-refractivity contribution in [2.45, 2.75) is 44.7 Å². The highest BCUT2D eigenvalue weighted by atomic mass is 16.2. The van der Waals surface area contributed by atoms with Crippen LogP contribution in [0.5, 0.6) is 0 Å². The molecule has 6 N–H and O–H groups in total. The van der Waals surface area contributed by atoms with Gasteiger partial charge < -0.3 is 27.0 Å². The number of hydrogen-bond donors (Lipinski definition) is 4. The normalized spacial score (nSPS) is 18.5. The van der Waals surface area contributed by atoms with Crippen molar-refractivity contribution in [2.24, 2.45) is 11.5 Å². The summed E-state index contributed by atoms with van der Waals surface area (Å²) in [5, 5.41) is 6.53. The van der Waals surface area contributed by atoms with E-state index in [0.717, 1.165) is 31.4 Å². The average Bonchev–Trinajstić information content (AvgIpc) is 2.69. The molecule has 0 saturated heterocycles. The molecule has 0 aliphatic heterocycles. The van der Waals surface area contributed by atoms with Gasteiger partial charge in [-0.25, -0.2) is 9.97 Å². The number of hydrogen-bond acceptors (Lipinski definition) is 7. The summed E-state index contributed by atoms with van der Waals surface area (Å²) in [4.78, 5) is 34.2. The lowest BCUT2D eigenvalue weighted by Crippen LogP contribution is -2.42. The van der Waals surface area contributed by atoms with Gasteiger partial charge in [-0.15, -0.1) is 0 Å². The number of nitrogens with one attached hydrogen (secondary N) is 2. The van der Waals surface area contributed by atoms with Crippen LogP contribution in [0.1, 0.15) is 52.2 Å². The van der Waals surface area contributed by atoms with Crippen molar-refractivity contribution in [3.05, 3.63) is 41.3 Å². The molecule has 1 fully saturated rings. The second kappa shape index (κ2) is 9.08. The van der Waals surface area contributed by atoms with Crippen LogP contribution in [0.25, 0.3) is 0 Å². The van der Waals surface area contributed by atoms with Gasteiger partial charge in [0.25, 0.3) is 11.8 Å². The van der Waals surface area contributed by atoms with Crippen LogP contribution in [0, 0.1) is 6.92 Å². The fraction of sp³-hybridized carbons (Fsp3) is 0.429. The minimum absolute atomic E-state index is 0.0806. The van der Waals surface area contributed by atoms with Gasteiger partial charge in [0, 0.05) is 26.2 Å². The summed E-state index contributed by atoms with van der Waals surface area (Å²) in [6.07, 6.45) is 5.83. The molecule has 30 heavy (non-hydrogen) atoms. The van der Waals surface area contributed by atoms with E-state index in [1.165, 1.54) is 4.90 Å². The first-order chi connectivity index (χ1) is 14.3. The molecule has 2 amide bonds. The van der Waals surface area contributed by atoms with E-state index < -0.39 is 5.91 Å². The maximum atomic E-state index is 12.2. The number of primary amides is 1. The van der Waals surface area contributed by atoms with Crippen LogP contribution in [-0.4, -0.2) is 52.9 Å². The van der Waals surface area contributed by atoms with E-state index in [1.807, 2.05) is 0 Å². The number of anilines is 3. The van der Waals surface area contributed by atoms with Gasteiger partial charge in [0.15, 0.2) is 5.69 Å². The Morgan fingerprint density at radius 1 is 1.20 bits per heavy atom. The highest BCUT2D eigenvalue weighted by Gasteiger charge is 2.22. The Hall–Kier alpha value is -3.20. The number of nitrogens with zero attached hydrogens (tertiary/aromatic N) is 3. The third-order valence-corrected chi connectivity index (χ3v) is 5.28. The number of aromatic nitrogens is 2. The van der Waals surface area contributed by atoms with Gasteiger partial charge in [0.05, 0.1) is 28.8 Å². The molecule has 0 aromatic carbocycles. The van der Waals surface area contributed by atoms with Crippen molar-refractivity contribution in [3.8, 4) is 0 Å². The van der Waals surface area contributed by atoms with Crippen LogP contribution in [0.2, 0.25) is 0 Å². The predicted molar refractivity (Wildman–Crippen MR) is 117 cm³/mol. The van der Waals surface area contributed by atoms with Crippen molar-refractivity contribution in [2.75, 3.05) is 24.7 Å². The second-order valence-corrected chi connectivity index (χ2v) is 7.84. The molecule has 1 aliphatic carbocycles. The Morgan fingerprint density at radius 2 is 1.93 bits per heavy atom. The molecule has 160 valence electrons. The standard InChI is InChI=1S/C21H29N7O2/c1-12-14(21(30)28(2)3)8-9-18(25-12)27-17-10-13(11-24-19(17)20(23)29)26-16-7-5-4-6-15(16)22/h8-11,15-16,26H,4-7,22H2,1-3H3,(H2,23,29)(H,25,27)/t15-,16+/m0/s1. The van der Waals surface area contributed by atoms with E-state index in [9.17, 15) is 9.59 Å². The molecule has 0 unspecified atom stereocenters. The minimum Gasteiger partial charge on any atom is -0.379 e. The maximum absolute atomic E-state index is 12.2. The molecule has 0 spiro atoms. The van der Waals surface area contributed by atoms with Crippen molar-refractivity contribution in [1.82, 2.24) is 14.9 Å². The van der Waals surface area contributed by atoms with Crippen LogP contribution in [0.3, 0.4) is 0 Å². The molecular weight excluding hydrogens is 382 g/mol. The number of amides is 2. The summed E-state index contributed by atoms with van der Waals surface area (Å²) in [6.45, 7) is 1.76. The van der Waals surface area contributed by atoms with E-state index in [1.54, 1.807) is 45.4 Å². The molecule has 9 heteroatoms. The lowest BCUT2D eigenvalue weighted by Gasteiger charge is -2.30. The number of pyridine rings is 2. The van der Waals surface area contributed by atoms with Crippen molar-refractivity contribution < 1.29 is 9.59 Å².